The second-order valence-electron chi connectivity index (χ2n) is 4.88. The van der Waals surface area contributed by atoms with Crippen molar-refractivity contribution >= 4 is 18.0 Å². The monoisotopic (exact) mass is 338 g/mol. The van der Waals surface area contributed by atoms with E-state index in [1.807, 2.05) is 0 Å². The average molecular weight is 338 g/mol. The van der Waals surface area contributed by atoms with Gasteiger partial charge in [-0.25, -0.2) is 5.43 Å². The Labute approximate surface area is 145 Å². The number of carbonyl (C=O) groups is 2. The number of benzene rings is 1. The predicted octanol–water partition coefficient (Wildman–Crippen LogP) is 1.41. The van der Waals surface area contributed by atoms with Gasteiger partial charge in [-0.15, -0.1) is 0 Å². The van der Waals surface area contributed by atoms with Gasteiger partial charge in [0, 0.05) is 6.20 Å². The van der Waals surface area contributed by atoms with Crippen LogP contribution in [0.1, 0.15) is 11.3 Å². The van der Waals surface area contributed by atoms with Crippen LogP contribution in [-0.4, -0.2) is 29.6 Å². The highest BCUT2D eigenvalue weighted by atomic mass is 16.5. The number of carbonyl (C=O) groups excluding carboxylic acids is 2. The number of ether oxygens (including phenoxy) is 1. The molecular formula is C18H18N4O3. The zero-order valence-corrected chi connectivity index (χ0v) is 13.5. The molecule has 7 heteroatoms. The topological polar surface area (TPSA) is 92.7 Å². The normalized spacial score (nSPS) is 10.2. The molecule has 0 unspecified atom stereocenters. The molecule has 0 aliphatic carbocycles. The van der Waals surface area contributed by atoms with Crippen molar-refractivity contribution in [3.05, 3.63) is 72.6 Å². The van der Waals surface area contributed by atoms with E-state index in [1.165, 1.54) is 6.21 Å². The summed E-state index contributed by atoms with van der Waals surface area (Å²) in [7, 11) is 0. The van der Waals surface area contributed by atoms with Crippen molar-refractivity contribution in [2.45, 2.75) is 6.54 Å². The molecule has 7 nitrogen and oxygen atoms in total. The zero-order valence-electron chi connectivity index (χ0n) is 13.5. The lowest BCUT2D eigenvalue weighted by atomic mass is 10.2. The summed E-state index contributed by atoms with van der Waals surface area (Å²) >= 11 is 0. The molecule has 1 aromatic carbocycles. The van der Waals surface area contributed by atoms with Crippen LogP contribution in [0.5, 0.6) is 5.75 Å². The maximum Gasteiger partial charge on any atom is 0.329 e. The SMILES string of the molecule is C=CCOc1cccc(/C=N\NC(=O)C(=O)NCc2ccccn2)c1. The lowest BCUT2D eigenvalue weighted by Crippen LogP contribution is -2.37. The quantitative estimate of drug-likeness (QED) is 0.345. The van der Waals surface area contributed by atoms with Crippen LogP contribution < -0.4 is 15.5 Å². The summed E-state index contributed by atoms with van der Waals surface area (Å²) in [5.41, 5.74) is 3.55. The Hall–Kier alpha value is -3.48. The second kappa shape index (κ2) is 9.61. The molecule has 2 aromatic rings. The molecule has 25 heavy (non-hydrogen) atoms. The van der Waals surface area contributed by atoms with Gasteiger partial charge in [0.2, 0.25) is 0 Å². The van der Waals surface area contributed by atoms with Gasteiger partial charge in [-0.3, -0.25) is 14.6 Å². The minimum Gasteiger partial charge on any atom is -0.490 e. The van der Waals surface area contributed by atoms with E-state index in [4.69, 9.17) is 4.74 Å². The lowest BCUT2D eigenvalue weighted by molar-refractivity contribution is -0.139. The van der Waals surface area contributed by atoms with Crippen LogP contribution in [0.15, 0.2) is 66.4 Å². The standard InChI is InChI=1S/C18H18N4O3/c1-2-10-25-16-8-5-6-14(11-16)12-21-22-18(24)17(23)20-13-15-7-3-4-9-19-15/h2-9,11-12H,1,10,13H2,(H,20,23)(H,22,24)/b21-12-. The Balaban J connectivity index is 1.81. The third-order valence-corrected chi connectivity index (χ3v) is 2.97. The third-order valence-electron chi connectivity index (χ3n) is 2.97. The number of hydrogen-bond acceptors (Lipinski definition) is 5. The minimum absolute atomic E-state index is 0.166. The van der Waals surface area contributed by atoms with Gasteiger partial charge in [-0.1, -0.05) is 30.9 Å². The van der Waals surface area contributed by atoms with Gasteiger partial charge in [0.1, 0.15) is 12.4 Å². The number of pyridine rings is 1. The minimum atomic E-state index is -0.855. The largest absolute Gasteiger partial charge is 0.490 e. The number of aromatic nitrogens is 1. The molecule has 2 rings (SSSR count). The number of amides is 2. The van der Waals surface area contributed by atoms with E-state index in [1.54, 1.807) is 54.7 Å². The molecule has 0 fully saturated rings. The molecule has 0 bridgehead atoms. The summed E-state index contributed by atoms with van der Waals surface area (Å²) in [6, 6.07) is 12.4. The Bertz CT molecular complexity index is 760. The Morgan fingerprint density at radius 3 is 2.84 bits per heavy atom. The first-order valence-corrected chi connectivity index (χ1v) is 7.54. The van der Waals surface area contributed by atoms with Crippen molar-refractivity contribution in [1.82, 2.24) is 15.7 Å². The number of rotatable bonds is 7. The van der Waals surface area contributed by atoms with Crippen molar-refractivity contribution in [2.75, 3.05) is 6.61 Å². The smallest absolute Gasteiger partial charge is 0.329 e. The Kier molecular flexibility index (Phi) is 6.87. The highest BCUT2D eigenvalue weighted by Crippen LogP contribution is 2.11. The molecular weight excluding hydrogens is 320 g/mol. The van der Waals surface area contributed by atoms with Crippen molar-refractivity contribution in [2.24, 2.45) is 5.10 Å². The first kappa shape index (κ1) is 17.9. The number of nitrogens with one attached hydrogen (secondary N) is 2. The summed E-state index contributed by atoms with van der Waals surface area (Å²) in [5.74, 6) is -0.986. The maximum atomic E-state index is 11.7. The molecule has 0 aliphatic rings. The molecule has 0 spiro atoms. The van der Waals surface area contributed by atoms with Crippen LogP contribution in [0.4, 0.5) is 0 Å². The fourth-order valence-electron chi connectivity index (χ4n) is 1.81. The van der Waals surface area contributed by atoms with Gasteiger partial charge in [0.05, 0.1) is 18.5 Å². The first-order valence-electron chi connectivity index (χ1n) is 7.54. The molecule has 2 N–H and O–H groups in total. The Morgan fingerprint density at radius 2 is 2.08 bits per heavy atom. The Morgan fingerprint density at radius 1 is 1.20 bits per heavy atom. The summed E-state index contributed by atoms with van der Waals surface area (Å²) in [6.45, 7) is 4.14. The molecule has 1 aromatic heterocycles. The van der Waals surface area contributed by atoms with E-state index < -0.39 is 11.8 Å². The van der Waals surface area contributed by atoms with E-state index in [0.29, 0.717) is 18.1 Å². The molecule has 2 amide bonds. The third kappa shape index (κ3) is 6.26. The van der Waals surface area contributed by atoms with Crippen molar-refractivity contribution in [3.8, 4) is 5.75 Å². The molecule has 0 atom stereocenters. The van der Waals surface area contributed by atoms with Crippen molar-refractivity contribution < 1.29 is 14.3 Å². The van der Waals surface area contributed by atoms with Gasteiger partial charge < -0.3 is 10.1 Å². The van der Waals surface area contributed by atoms with Crippen molar-refractivity contribution in [3.63, 3.8) is 0 Å². The van der Waals surface area contributed by atoms with Gasteiger partial charge >= 0.3 is 11.8 Å². The van der Waals surface area contributed by atoms with Crippen LogP contribution in [0, 0.1) is 0 Å². The van der Waals surface area contributed by atoms with Gasteiger partial charge in [-0.05, 0) is 29.8 Å². The summed E-state index contributed by atoms with van der Waals surface area (Å²) in [4.78, 5) is 27.4. The first-order chi connectivity index (χ1) is 12.2. The molecule has 0 saturated carbocycles. The van der Waals surface area contributed by atoms with Crippen LogP contribution in [0.25, 0.3) is 0 Å². The molecule has 0 radical (unpaired) electrons. The number of hydrogen-bond donors (Lipinski definition) is 2. The van der Waals surface area contributed by atoms with E-state index in [-0.39, 0.29) is 6.54 Å². The van der Waals surface area contributed by atoms with Gasteiger partial charge in [0.15, 0.2) is 0 Å². The van der Waals surface area contributed by atoms with E-state index in [0.717, 1.165) is 5.56 Å². The zero-order chi connectivity index (χ0) is 17.9. The average Bonchev–Trinajstić information content (AvgIpc) is 2.65. The fraction of sp³-hybridized carbons (Fsp3) is 0.111. The fourth-order valence-corrected chi connectivity index (χ4v) is 1.81. The van der Waals surface area contributed by atoms with Crippen molar-refractivity contribution in [1.29, 1.82) is 0 Å². The van der Waals surface area contributed by atoms with E-state index in [9.17, 15) is 9.59 Å². The highest BCUT2D eigenvalue weighted by molar-refractivity contribution is 6.35. The second-order valence-corrected chi connectivity index (χ2v) is 4.88. The number of nitrogens with zero attached hydrogens (tertiary/aromatic N) is 2. The number of hydrazone groups is 1. The van der Waals surface area contributed by atoms with E-state index in [2.05, 4.69) is 27.4 Å². The predicted molar refractivity (Wildman–Crippen MR) is 94.0 cm³/mol. The van der Waals surface area contributed by atoms with Gasteiger partial charge in [-0.2, -0.15) is 5.10 Å². The molecule has 128 valence electrons. The van der Waals surface area contributed by atoms with E-state index >= 15 is 0 Å². The molecule has 0 saturated heterocycles. The van der Waals surface area contributed by atoms with Crippen LogP contribution in [0.3, 0.4) is 0 Å². The van der Waals surface area contributed by atoms with Crippen LogP contribution in [0.2, 0.25) is 0 Å². The van der Waals surface area contributed by atoms with Crippen LogP contribution in [-0.2, 0) is 16.1 Å². The molecule has 1 heterocycles. The summed E-state index contributed by atoms with van der Waals surface area (Å²) in [6.07, 6.45) is 4.67. The van der Waals surface area contributed by atoms with Crippen LogP contribution >= 0.6 is 0 Å². The maximum absolute atomic E-state index is 11.7. The summed E-state index contributed by atoms with van der Waals surface area (Å²) in [5, 5.41) is 6.23. The molecule has 0 aliphatic heterocycles. The summed E-state index contributed by atoms with van der Waals surface area (Å²) < 4.78 is 5.40. The highest BCUT2D eigenvalue weighted by Gasteiger charge is 2.11. The lowest BCUT2D eigenvalue weighted by Gasteiger charge is -2.04. The van der Waals surface area contributed by atoms with Gasteiger partial charge in [0.25, 0.3) is 0 Å².